The lowest BCUT2D eigenvalue weighted by Crippen LogP contribution is -2.29. The van der Waals surface area contributed by atoms with Crippen molar-refractivity contribution in [2.24, 2.45) is 5.92 Å². The van der Waals surface area contributed by atoms with E-state index in [0.29, 0.717) is 13.0 Å². The Kier molecular flexibility index (Phi) is 6.91. The Hall–Kier alpha value is -2.64. The molecule has 2 aromatic heterocycles. The summed E-state index contributed by atoms with van der Waals surface area (Å²) in [7, 11) is -4.75. The fourth-order valence-electron chi connectivity index (χ4n) is 3.83. The molecule has 6 N–H and O–H groups in total. The molecule has 0 aliphatic carbocycles. The van der Waals surface area contributed by atoms with Gasteiger partial charge in [0.2, 0.25) is 5.95 Å². The quantitative estimate of drug-likeness (QED) is 0.208. The van der Waals surface area contributed by atoms with Gasteiger partial charge in [-0.05, 0) is 12.0 Å². The van der Waals surface area contributed by atoms with Gasteiger partial charge >= 0.3 is 7.82 Å². The molecule has 4 rings (SSSR count). The summed E-state index contributed by atoms with van der Waals surface area (Å²) in [6.07, 6.45) is -1.42. The Morgan fingerprint density at radius 3 is 2.76 bits per heavy atom. The van der Waals surface area contributed by atoms with Gasteiger partial charge in [-0.1, -0.05) is 30.3 Å². The van der Waals surface area contributed by atoms with Gasteiger partial charge in [-0.15, -0.1) is 0 Å². The highest BCUT2D eigenvalue weighted by atomic mass is 31.2. The minimum atomic E-state index is -4.75. The predicted octanol–water partition coefficient (Wildman–Crippen LogP) is 0.292. The number of anilines is 1. The van der Waals surface area contributed by atoms with Crippen LogP contribution >= 0.6 is 7.82 Å². The summed E-state index contributed by atoms with van der Waals surface area (Å²) in [6.45, 7) is 0.175. The molecular formula is C19H24N5O8P. The molecule has 0 unspecified atom stereocenters. The molecule has 3 aromatic rings. The molecule has 0 bridgehead atoms. The summed E-state index contributed by atoms with van der Waals surface area (Å²) >= 11 is 0. The normalized spacial score (nSPS) is 23.4. The summed E-state index contributed by atoms with van der Waals surface area (Å²) in [5.41, 5.74) is 6.19. The molecule has 0 amide bonds. The second kappa shape index (κ2) is 9.69. The Balaban J connectivity index is 1.51. The first-order chi connectivity index (χ1) is 15.7. The van der Waals surface area contributed by atoms with Crippen LogP contribution in [0, 0.1) is 5.92 Å². The minimum Gasteiger partial charge on any atom is -0.388 e. The summed E-state index contributed by atoms with van der Waals surface area (Å²) in [6, 6.07) is 9.54. The van der Waals surface area contributed by atoms with Crippen LogP contribution in [0.25, 0.3) is 11.2 Å². The molecule has 3 heterocycles. The Morgan fingerprint density at radius 1 is 1.27 bits per heavy atom. The average molecular weight is 481 g/mol. The number of hydrogen-bond acceptors (Lipinski definition) is 9. The lowest BCUT2D eigenvalue weighted by atomic mass is 9.95. The highest BCUT2D eigenvalue weighted by Gasteiger charge is 2.45. The van der Waals surface area contributed by atoms with Gasteiger partial charge in [-0.25, -0.2) is 9.55 Å². The van der Waals surface area contributed by atoms with Gasteiger partial charge in [-0.3, -0.25) is 18.9 Å². The van der Waals surface area contributed by atoms with Crippen molar-refractivity contribution in [3.8, 4) is 0 Å². The van der Waals surface area contributed by atoms with Crippen LogP contribution in [0.1, 0.15) is 18.2 Å². The number of hydrogen-bond donors (Lipinski definition) is 5. The van der Waals surface area contributed by atoms with Crippen LogP contribution < -0.4 is 11.3 Å². The van der Waals surface area contributed by atoms with E-state index < -0.39 is 44.3 Å². The SMILES string of the molecule is Nc1nc2c(ncn2[C@@H]2O[C@H](COP(=O)(O)O)[C@@H](CCOCc3ccccc3)[C@H]2O)c(=O)[nH]1. The van der Waals surface area contributed by atoms with Gasteiger partial charge in [0.25, 0.3) is 5.56 Å². The number of H-pyrrole nitrogens is 1. The topological polar surface area (TPSA) is 195 Å². The molecule has 1 fully saturated rings. The van der Waals surface area contributed by atoms with E-state index in [1.807, 2.05) is 30.3 Å². The summed E-state index contributed by atoms with van der Waals surface area (Å²) in [4.78, 5) is 40.7. The van der Waals surface area contributed by atoms with E-state index in [1.54, 1.807) is 0 Å². The number of rotatable bonds is 9. The fraction of sp³-hybridized carbons (Fsp3) is 0.421. The van der Waals surface area contributed by atoms with E-state index in [-0.39, 0.29) is 23.7 Å². The fourth-order valence-corrected chi connectivity index (χ4v) is 4.17. The number of phosphoric acid groups is 1. The van der Waals surface area contributed by atoms with Crippen LogP contribution in [0.2, 0.25) is 0 Å². The number of imidazole rings is 1. The van der Waals surface area contributed by atoms with Crippen molar-refractivity contribution in [3.05, 3.63) is 52.6 Å². The van der Waals surface area contributed by atoms with E-state index in [4.69, 9.17) is 25.0 Å². The Morgan fingerprint density at radius 2 is 2.03 bits per heavy atom. The van der Waals surface area contributed by atoms with Gasteiger partial charge in [0.1, 0.15) is 6.10 Å². The van der Waals surface area contributed by atoms with Crippen molar-refractivity contribution < 1.29 is 33.5 Å². The van der Waals surface area contributed by atoms with Crippen molar-refractivity contribution in [1.29, 1.82) is 0 Å². The largest absolute Gasteiger partial charge is 0.469 e. The molecule has 1 aliphatic heterocycles. The zero-order valence-electron chi connectivity index (χ0n) is 17.4. The second-order valence-electron chi connectivity index (χ2n) is 7.61. The number of ether oxygens (including phenoxy) is 2. The zero-order chi connectivity index (χ0) is 23.6. The number of phosphoric ester groups is 1. The number of nitrogens with two attached hydrogens (primary N) is 1. The smallest absolute Gasteiger partial charge is 0.388 e. The van der Waals surface area contributed by atoms with Crippen LogP contribution in [0.5, 0.6) is 0 Å². The van der Waals surface area contributed by atoms with Gasteiger partial charge in [0, 0.05) is 12.5 Å². The number of benzene rings is 1. The number of nitrogens with one attached hydrogen (secondary N) is 1. The first-order valence-corrected chi connectivity index (χ1v) is 11.6. The van der Waals surface area contributed by atoms with E-state index in [1.165, 1.54) is 10.9 Å². The number of nitrogens with zero attached hydrogens (tertiary/aromatic N) is 3. The van der Waals surface area contributed by atoms with Crippen LogP contribution in [0.3, 0.4) is 0 Å². The molecule has 0 radical (unpaired) electrons. The molecule has 178 valence electrons. The van der Waals surface area contributed by atoms with Crippen molar-refractivity contribution in [2.45, 2.75) is 31.5 Å². The maximum absolute atomic E-state index is 12.1. The van der Waals surface area contributed by atoms with Gasteiger partial charge in [0.05, 0.1) is 25.6 Å². The molecule has 1 saturated heterocycles. The van der Waals surface area contributed by atoms with E-state index in [9.17, 15) is 14.5 Å². The number of aromatic amines is 1. The average Bonchev–Trinajstić information content (AvgIpc) is 3.31. The summed E-state index contributed by atoms with van der Waals surface area (Å²) in [5.74, 6) is -0.719. The highest BCUT2D eigenvalue weighted by molar-refractivity contribution is 7.46. The molecule has 0 spiro atoms. The first kappa shape index (κ1) is 23.5. The van der Waals surface area contributed by atoms with Gasteiger partial charge < -0.3 is 30.1 Å². The molecule has 0 saturated carbocycles. The van der Waals surface area contributed by atoms with Crippen LogP contribution in [0.15, 0.2) is 41.5 Å². The minimum absolute atomic E-state index is 0.0117. The number of aromatic nitrogens is 4. The standard InChI is InChI=1S/C19H24N5O8P/c20-19-22-16-14(17(26)23-19)21-10-24(16)18-15(25)12(13(32-18)9-31-33(27,28)29)6-7-30-8-11-4-2-1-3-5-11/h1-5,10,12-13,15,18,25H,6-9H2,(H2,27,28,29)(H3,20,22,23,26)/t12-,13-,15-,18-/m1/s1. The van der Waals surface area contributed by atoms with E-state index in [0.717, 1.165) is 5.56 Å². The van der Waals surface area contributed by atoms with Gasteiger partial charge in [-0.2, -0.15) is 4.98 Å². The third-order valence-electron chi connectivity index (χ3n) is 5.36. The summed E-state index contributed by atoms with van der Waals surface area (Å²) in [5, 5.41) is 11.0. The molecule has 13 nitrogen and oxygen atoms in total. The molecule has 14 heteroatoms. The van der Waals surface area contributed by atoms with Crippen LogP contribution in [-0.4, -0.2) is 59.8 Å². The highest BCUT2D eigenvalue weighted by Crippen LogP contribution is 2.41. The number of aliphatic hydroxyl groups excluding tert-OH is 1. The van der Waals surface area contributed by atoms with E-state index in [2.05, 4.69) is 19.5 Å². The van der Waals surface area contributed by atoms with Crippen LogP contribution in [0.4, 0.5) is 5.95 Å². The lowest BCUT2D eigenvalue weighted by Gasteiger charge is -2.20. The van der Waals surface area contributed by atoms with Crippen molar-refractivity contribution in [1.82, 2.24) is 19.5 Å². The molecule has 4 atom stereocenters. The van der Waals surface area contributed by atoms with Crippen molar-refractivity contribution in [3.63, 3.8) is 0 Å². The van der Waals surface area contributed by atoms with Crippen molar-refractivity contribution in [2.75, 3.05) is 18.9 Å². The monoisotopic (exact) mass is 481 g/mol. The van der Waals surface area contributed by atoms with Gasteiger partial charge in [0.15, 0.2) is 17.4 Å². The first-order valence-electron chi connectivity index (χ1n) is 10.1. The second-order valence-corrected chi connectivity index (χ2v) is 8.85. The molecule has 1 aromatic carbocycles. The van der Waals surface area contributed by atoms with Crippen molar-refractivity contribution >= 4 is 24.9 Å². The maximum atomic E-state index is 12.1. The van der Waals surface area contributed by atoms with Crippen LogP contribution in [-0.2, 0) is 25.2 Å². The van der Waals surface area contributed by atoms with E-state index >= 15 is 0 Å². The number of nitrogen functional groups attached to an aromatic ring is 1. The predicted molar refractivity (Wildman–Crippen MR) is 115 cm³/mol. The molecule has 33 heavy (non-hydrogen) atoms. The maximum Gasteiger partial charge on any atom is 0.469 e. The Labute approximate surface area is 187 Å². The number of aliphatic hydroxyl groups is 1. The third kappa shape index (κ3) is 5.47. The molecule has 1 aliphatic rings. The Bertz CT molecular complexity index is 1200. The zero-order valence-corrected chi connectivity index (χ0v) is 18.2. The lowest BCUT2D eigenvalue weighted by molar-refractivity contribution is -0.0489. The summed E-state index contributed by atoms with van der Waals surface area (Å²) < 4.78 is 28.8. The molecular weight excluding hydrogens is 457 g/mol. The third-order valence-corrected chi connectivity index (χ3v) is 5.85. The number of fused-ring (bicyclic) bond motifs is 1.